The van der Waals surface area contributed by atoms with Crippen molar-refractivity contribution in [2.24, 2.45) is 5.92 Å². The van der Waals surface area contributed by atoms with Crippen LogP contribution in [0.5, 0.6) is 0 Å². The molecular weight excluding hydrogens is 248 g/mol. The minimum Gasteiger partial charge on any atom is -0.317 e. The van der Waals surface area contributed by atoms with Crippen molar-refractivity contribution in [3.05, 3.63) is 33.8 Å². The van der Waals surface area contributed by atoms with Crippen LogP contribution in [0.3, 0.4) is 0 Å². The fourth-order valence-electron chi connectivity index (χ4n) is 2.12. The van der Waals surface area contributed by atoms with Crippen LogP contribution >= 0.6 is 23.2 Å². The van der Waals surface area contributed by atoms with Gasteiger partial charge in [0.15, 0.2) is 0 Å². The molecule has 88 valence electrons. The van der Waals surface area contributed by atoms with Crippen LogP contribution in [0.15, 0.2) is 18.2 Å². The largest absolute Gasteiger partial charge is 0.317 e. The number of hydrogen-bond acceptors (Lipinski definition) is 1. The maximum atomic E-state index is 14.3. The zero-order chi connectivity index (χ0) is 11.5. The summed E-state index contributed by atoms with van der Waals surface area (Å²) in [5.41, 5.74) is 0.529. The van der Waals surface area contributed by atoms with Crippen molar-refractivity contribution in [3.63, 3.8) is 0 Å². The molecule has 0 spiro atoms. The first-order chi connectivity index (χ1) is 7.68. The van der Waals surface area contributed by atoms with Crippen molar-refractivity contribution in [2.75, 3.05) is 13.1 Å². The van der Waals surface area contributed by atoms with E-state index in [1.165, 1.54) is 0 Å². The number of alkyl halides is 1. The van der Waals surface area contributed by atoms with Crippen LogP contribution in [-0.4, -0.2) is 13.1 Å². The number of rotatable bonds is 2. The van der Waals surface area contributed by atoms with Crippen LogP contribution in [0.2, 0.25) is 10.0 Å². The average Bonchev–Trinajstić information content (AvgIpc) is 2.32. The molecule has 1 saturated heterocycles. The van der Waals surface area contributed by atoms with Crippen LogP contribution in [0.1, 0.15) is 24.6 Å². The molecule has 0 aromatic heterocycles. The zero-order valence-electron chi connectivity index (χ0n) is 8.85. The van der Waals surface area contributed by atoms with Crippen LogP contribution in [0, 0.1) is 5.92 Å². The highest BCUT2D eigenvalue weighted by molar-refractivity contribution is 6.33. The fourth-order valence-corrected chi connectivity index (χ4v) is 2.52. The molecule has 0 saturated carbocycles. The van der Waals surface area contributed by atoms with Gasteiger partial charge >= 0.3 is 0 Å². The Bertz CT molecular complexity index is 364. The molecule has 0 amide bonds. The summed E-state index contributed by atoms with van der Waals surface area (Å²) in [6.45, 7) is 1.76. The number of piperidine rings is 1. The quantitative estimate of drug-likeness (QED) is 0.849. The van der Waals surface area contributed by atoms with E-state index >= 15 is 0 Å². The second-order valence-corrected chi connectivity index (χ2v) is 5.00. The molecule has 2 rings (SSSR count). The number of hydrogen-bond donors (Lipinski definition) is 1. The minimum atomic E-state index is -1.01. The molecule has 0 bridgehead atoms. The minimum absolute atomic E-state index is 0.0530. The molecule has 4 heteroatoms. The lowest BCUT2D eigenvalue weighted by atomic mass is 9.89. The lowest BCUT2D eigenvalue weighted by Crippen LogP contribution is -2.29. The highest BCUT2D eigenvalue weighted by atomic mass is 35.5. The van der Waals surface area contributed by atoms with E-state index < -0.39 is 6.17 Å². The van der Waals surface area contributed by atoms with Gasteiger partial charge in [-0.05, 0) is 50.0 Å². The fraction of sp³-hybridized carbons (Fsp3) is 0.500. The van der Waals surface area contributed by atoms with E-state index in [4.69, 9.17) is 23.2 Å². The summed E-state index contributed by atoms with van der Waals surface area (Å²) in [7, 11) is 0. The van der Waals surface area contributed by atoms with Crippen molar-refractivity contribution in [1.29, 1.82) is 0 Å². The first-order valence-electron chi connectivity index (χ1n) is 5.48. The Kier molecular flexibility index (Phi) is 4.06. The SMILES string of the molecule is FC(c1cc(Cl)ccc1Cl)C1CCNCC1. The molecule has 1 aliphatic rings. The lowest BCUT2D eigenvalue weighted by molar-refractivity contribution is 0.190. The first kappa shape index (κ1) is 12.2. The lowest BCUT2D eigenvalue weighted by Gasteiger charge is -2.26. The van der Waals surface area contributed by atoms with Gasteiger partial charge in [0.1, 0.15) is 6.17 Å². The molecule has 1 aliphatic heterocycles. The summed E-state index contributed by atoms with van der Waals surface area (Å²) in [5.74, 6) is 0.0530. The third-order valence-corrected chi connectivity index (χ3v) is 3.63. The topological polar surface area (TPSA) is 12.0 Å². The third-order valence-electron chi connectivity index (χ3n) is 3.05. The van der Waals surface area contributed by atoms with Gasteiger partial charge in [0.05, 0.1) is 0 Å². The van der Waals surface area contributed by atoms with Gasteiger partial charge in [-0.15, -0.1) is 0 Å². The summed E-state index contributed by atoms with van der Waals surface area (Å²) >= 11 is 11.9. The second kappa shape index (κ2) is 5.35. The van der Waals surface area contributed by atoms with Crippen LogP contribution in [0.4, 0.5) is 4.39 Å². The standard InChI is InChI=1S/C12H14Cl2FN/c13-9-1-2-11(14)10(7-9)12(15)8-3-5-16-6-4-8/h1-2,7-8,12,16H,3-6H2. The summed E-state index contributed by atoms with van der Waals surface area (Å²) in [6.07, 6.45) is 0.696. The van der Waals surface area contributed by atoms with Crippen molar-refractivity contribution in [2.45, 2.75) is 19.0 Å². The molecule has 1 nitrogen and oxygen atoms in total. The number of nitrogens with one attached hydrogen (secondary N) is 1. The Balaban J connectivity index is 2.18. The first-order valence-corrected chi connectivity index (χ1v) is 6.24. The van der Waals surface area contributed by atoms with Gasteiger partial charge in [-0.25, -0.2) is 4.39 Å². The molecule has 1 unspecified atom stereocenters. The molecule has 1 aromatic rings. The van der Waals surface area contributed by atoms with E-state index in [9.17, 15) is 4.39 Å². The summed E-state index contributed by atoms with van der Waals surface area (Å²) in [5, 5.41) is 4.23. The molecule has 0 aliphatic carbocycles. The average molecular weight is 262 g/mol. The van der Waals surface area contributed by atoms with Gasteiger partial charge in [0.2, 0.25) is 0 Å². The van der Waals surface area contributed by atoms with Gasteiger partial charge in [-0.2, -0.15) is 0 Å². The van der Waals surface area contributed by atoms with Crippen molar-refractivity contribution < 1.29 is 4.39 Å². The smallest absolute Gasteiger partial charge is 0.129 e. The summed E-state index contributed by atoms with van der Waals surface area (Å²) < 4.78 is 14.3. The highest BCUT2D eigenvalue weighted by Gasteiger charge is 2.26. The Morgan fingerprint density at radius 2 is 1.94 bits per heavy atom. The number of benzene rings is 1. The van der Waals surface area contributed by atoms with Crippen LogP contribution < -0.4 is 5.32 Å². The highest BCUT2D eigenvalue weighted by Crippen LogP contribution is 2.37. The van der Waals surface area contributed by atoms with E-state index in [-0.39, 0.29) is 5.92 Å². The predicted molar refractivity (Wildman–Crippen MR) is 65.9 cm³/mol. The van der Waals surface area contributed by atoms with Crippen molar-refractivity contribution in [1.82, 2.24) is 5.32 Å². The molecule has 0 radical (unpaired) electrons. The Labute approximate surface area is 105 Å². The van der Waals surface area contributed by atoms with Crippen molar-refractivity contribution >= 4 is 23.2 Å². The van der Waals surface area contributed by atoms with Gasteiger partial charge in [0, 0.05) is 15.6 Å². The van der Waals surface area contributed by atoms with E-state index in [1.807, 2.05) is 0 Å². The Morgan fingerprint density at radius 3 is 2.62 bits per heavy atom. The summed E-state index contributed by atoms with van der Waals surface area (Å²) in [6, 6.07) is 4.98. The number of halogens is 3. The van der Waals surface area contributed by atoms with Gasteiger partial charge in [-0.3, -0.25) is 0 Å². The Hall–Kier alpha value is -0.310. The van der Waals surface area contributed by atoms with Crippen LogP contribution in [-0.2, 0) is 0 Å². The molecule has 1 N–H and O–H groups in total. The molecule has 1 aromatic carbocycles. The van der Waals surface area contributed by atoms with Crippen LogP contribution in [0.25, 0.3) is 0 Å². The summed E-state index contributed by atoms with van der Waals surface area (Å²) in [4.78, 5) is 0. The van der Waals surface area contributed by atoms with E-state index in [2.05, 4.69) is 5.32 Å². The van der Waals surface area contributed by atoms with E-state index in [0.717, 1.165) is 25.9 Å². The second-order valence-electron chi connectivity index (χ2n) is 4.16. The van der Waals surface area contributed by atoms with E-state index in [1.54, 1.807) is 18.2 Å². The molecule has 1 fully saturated rings. The molecule has 1 atom stereocenters. The Morgan fingerprint density at radius 1 is 1.25 bits per heavy atom. The predicted octanol–water partition coefficient (Wildman–Crippen LogP) is 4.00. The molecular formula is C12H14Cl2FN. The third kappa shape index (κ3) is 2.68. The molecule has 16 heavy (non-hydrogen) atoms. The van der Waals surface area contributed by atoms with Gasteiger partial charge < -0.3 is 5.32 Å². The monoisotopic (exact) mass is 261 g/mol. The van der Waals surface area contributed by atoms with Gasteiger partial charge in [-0.1, -0.05) is 23.2 Å². The maximum Gasteiger partial charge on any atom is 0.129 e. The molecule has 1 heterocycles. The zero-order valence-corrected chi connectivity index (χ0v) is 10.4. The normalized spacial score (nSPS) is 19.7. The maximum absolute atomic E-state index is 14.3. The van der Waals surface area contributed by atoms with Crippen molar-refractivity contribution in [3.8, 4) is 0 Å². The van der Waals surface area contributed by atoms with E-state index in [0.29, 0.717) is 15.6 Å². The van der Waals surface area contributed by atoms with Gasteiger partial charge in [0.25, 0.3) is 0 Å².